The predicted molar refractivity (Wildman–Crippen MR) is 70.7 cm³/mol. The van der Waals surface area contributed by atoms with Gasteiger partial charge >= 0.3 is 98.2 Å². The fourth-order valence-electron chi connectivity index (χ4n) is 1.49. The molecule has 0 bridgehead atoms. The average Bonchev–Trinajstić information content (AvgIpc) is 2.33. The third kappa shape index (κ3) is 2.69. The summed E-state index contributed by atoms with van der Waals surface area (Å²) in [4.78, 5) is 0. The van der Waals surface area contributed by atoms with E-state index in [-0.39, 0.29) is 6.61 Å². The van der Waals surface area contributed by atoms with Gasteiger partial charge in [0.2, 0.25) is 0 Å². The van der Waals surface area contributed by atoms with Crippen LogP contribution in [0.4, 0.5) is 0 Å². The molecule has 76 valence electrons. The van der Waals surface area contributed by atoms with Gasteiger partial charge in [-0.3, -0.25) is 0 Å². The molecule has 0 amide bonds. The summed E-state index contributed by atoms with van der Waals surface area (Å²) in [6, 6.07) is 21.7. The van der Waals surface area contributed by atoms with E-state index in [2.05, 4.69) is 66.5 Å². The van der Waals surface area contributed by atoms with Gasteiger partial charge in [0.15, 0.2) is 0 Å². The molecule has 0 saturated heterocycles. The molecule has 0 atom stereocenters. The predicted octanol–water partition coefficient (Wildman–Crippen LogP) is 2.79. The minimum absolute atomic E-state index is 0.0862. The molecule has 0 aliphatic heterocycles. The minimum atomic E-state index is -0.0862. The Balaban J connectivity index is 2.34. The molecule has 0 fully saturated rings. The molecule has 2 aromatic rings. The molecular weight excluding hydrogens is 266 g/mol. The van der Waals surface area contributed by atoms with Crippen molar-refractivity contribution in [2.24, 2.45) is 0 Å². The summed E-state index contributed by atoms with van der Waals surface area (Å²) >= 11 is 0.665. The van der Waals surface area contributed by atoms with E-state index in [4.69, 9.17) is 0 Å². The van der Waals surface area contributed by atoms with Crippen LogP contribution in [-0.2, 0) is 0 Å². The van der Waals surface area contributed by atoms with Crippen LogP contribution in [0.1, 0.15) is 0 Å². The molecule has 15 heavy (non-hydrogen) atoms. The van der Waals surface area contributed by atoms with Gasteiger partial charge in [-0.15, -0.1) is 0 Å². The zero-order chi connectivity index (χ0) is 10.5. The molecule has 0 N–H and O–H groups in total. The molecule has 0 nitrogen and oxygen atoms in total. The summed E-state index contributed by atoms with van der Waals surface area (Å²) in [6.45, 7) is -0.0862. The van der Waals surface area contributed by atoms with Crippen molar-refractivity contribution in [3.8, 4) is 0 Å². The number of benzene rings is 2. The second kappa shape index (κ2) is 5.47. The van der Waals surface area contributed by atoms with Crippen molar-refractivity contribution in [3.63, 3.8) is 0 Å². The van der Waals surface area contributed by atoms with Crippen molar-refractivity contribution < 1.29 is 0 Å². The summed E-state index contributed by atoms with van der Waals surface area (Å²) in [5.74, 6) is 2.33. The molecule has 2 aromatic carbocycles. The molecule has 0 aliphatic rings. The van der Waals surface area contributed by atoms with Gasteiger partial charge in [-0.2, -0.15) is 0 Å². The zero-order valence-corrected chi connectivity index (χ0v) is 11.2. The normalized spacial score (nSPS) is 10.5. The number of hydrogen-bond acceptors (Lipinski definition) is 0. The van der Waals surface area contributed by atoms with Crippen LogP contribution < -0.4 is 10.6 Å². The van der Waals surface area contributed by atoms with Gasteiger partial charge in [-0.05, 0) is 0 Å². The maximum absolute atomic E-state index is 2.33. The first-order chi connectivity index (χ1) is 7.42. The Bertz CT molecular complexity index is 360. The average molecular weight is 279 g/mol. The third-order valence-electron chi connectivity index (χ3n) is 2.16. The first-order valence-electron chi connectivity index (χ1n) is 4.86. The van der Waals surface area contributed by atoms with E-state index >= 15 is 0 Å². The van der Waals surface area contributed by atoms with E-state index in [1.807, 2.05) is 0 Å². The number of rotatable bonds is 3. The van der Waals surface area contributed by atoms with E-state index in [1.165, 1.54) is 10.6 Å². The van der Waals surface area contributed by atoms with Crippen molar-refractivity contribution >= 4 is 31.7 Å². The Kier molecular flexibility index (Phi) is 3.97. The Morgan fingerprint density at radius 2 is 1.13 bits per heavy atom. The molecular formula is C13H13PSe. The Labute approximate surface area is 98.2 Å². The Morgan fingerprint density at radius 3 is 1.47 bits per heavy atom. The van der Waals surface area contributed by atoms with Crippen LogP contribution in [0.2, 0.25) is 5.82 Å². The van der Waals surface area contributed by atoms with Crippen LogP contribution in [0.15, 0.2) is 60.7 Å². The molecule has 0 heterocycles. The van der Waals surface area contributed by atoms with Crippen LogP contribution in [0, 0.1) is 0 Å². The first kappa shape index (κ1) is 10.9. The van der Waals surface area contributed by atoms with E-state index in [0.717, 1.165) is 0 Å². The van der Waals surface area contributed by atoms with Crippen LogP contribution in [-0.4, -0.2) is 14.5 Å². The van der Waals surface area contributed by atoms with Gasteiger partial charge in [0, 0.05) is 0 Å². The zero-order valence-electron chi connectivity index (χ0n) is 8.63. The van der Waals surface area contributed by atoms with Gasteiger partial charge in [-0.25, -0.2) is 0 Å². The third-order valence-corrected chi connectivity index (χ3v) is 9.02. The molecule has 0 aliphatic carbocycles. The van der Waals surface area contributed by atoms with E-state index in [0.29, 0.717) is 14.5 Å². The van der Waals surface area contributed by atoms with Gasteiger partial charge in [0.25, 0.3) is 0 Å². The van der Waals surface area contributed by atoms with Gasteiger partial charge in [0.05, 0.1) is 0 Å². The molecule has 0 saturated carbocycles. The van der Waals surface area contributed by atoms with Crippen molar-refractivity contribution in [1.82, 2.24) is 0 Å². The summed E-state index contributed by atoms with van der Waals surface area (Å²) in [5.41, 5.74) is 0. The maximum atomic E-state index is 2.33. The monoisotopic (exact) mass is 280 g/mol. The topological polar surface area (TPSA) is 0 Å². The summed E-state index contributed by atoms with van der Waals surface area (Å²) in [6.07, 6.45) is 0. The molecule has 0 aromatic heterocycles. The SMILES string of the molecule is C[Se]P(c1ccccc1)c1ccccc1. The quantitative estimate of drug-likeness (QED) is 0.598. The number of hydrogen-bond donors (Lipinski definition) is 0. The van der Waals surface area contributed by atoms with Crippen molar-refractivity contribution in [3.05, 3.63) is 60.7 Å². The van der Waals surface area contributed by atoms with Crippen molar-refractivity contribution in [1.29, 1.82) is 0 Å². The van der Waals surface area contributed by atoms with Crippen molar-refractivity contribution in [2.45, 2.75) is 5.82 Å². The second-order valence-corrected chi connectivity index (χ2v) is 9.73. The van der Waals surface area contributed by atoms with Gasteiger partial charge in [0.1, 0.15) is 0 Å². The fourth-order valence-corrected chi connectivity index (χ4v) is 7.28. The second-order valence-electron chi connectivity index (χ2n) is 3.15. The summed E-state index contributed by atoms with van der Waals surface area (Å²) < 4.78 is 0. The first-order valence-corrected chi connectivity index (χ1v) is 10.1. The molecule has 0 unspecified atom stereocenters. The van der Waals surface area contributed by atoms with Crippen LogP contribution in [0.3, 0.4) is 0 Å². The molecule has 0 spiro atoms. The van der Waals surface area contributed by atoms with E-state index in [1.54, 1.807) is 0 Å². The molecule has 2 rings (SSSR count). The summed E-state index contributed by atoms with van der Waals surface area (Å²) in [5, 5.41) is 3.00. The van der Waals surface area contributed by atoms with Crippen LogP contribution in [0.5, 0.6) is 0 Å². The standard InChI is InChI=1S/C13H13PSe/c1-15-14(12-8-4-2-5-9-12)13-10-6-3-7-11-13/h2-11H,1H3. The Morgan fingerprint density at radius 1 is 0.733 bits per heavy atom. The molecule has 2 heteroatoms. The Hall–Kier alpha value is -0.611. The van der Waals surface area contributed by atoms with Crippen LogP contribution in [0.25, 0.3) is 0 Å². The summed E-state index contributed by atoms with van der Waals surface area (Å²) in [7, 11) is 0. The fraction of sp³-hybridized carbons (Fsp3) is 0.0769. The van der Waals surface area contributed by atoms with Gasteiger partial charge in [-0.1, -0.05) is 0 Å². The van der Waals surface area contributed by atoms with Gasteiger partial charge < -0.3 is 0 Å². The van der Waals surface area contributed by atoms with E-state index in [9.17, 15) is 0 Å². The molecule has 0 radical (unpaired) electrons. The van der Waals surface area contributed by atoms with E-state index < -0.39 is 0 Å². The van der Waals surface area contributed by atoms with Crippen LogP contribution >= 0.6 is 6.61 Å². The van der Waals surface area contributed by atoms with Crippen molar-refractivity contribution in [2.75, 3.05) is 0 Å².